The first-order valence-electron chi connectivity index (χ1n) is 8.56. The van der Waals surface area contributed by atoms with Crippen LogP contribution in [0.4, 0.5) is 4.39 Å². The number of aromatic nitrogens is 1. The minimum atomic E-state index is -0.557. The Bertz CT molecular complexity index is 746. The van der Waals surface area contributed by atoms with E-state index in [1.165, 1.54) is 24.3 Å². The standard InChI is InChI=1S/C19H22FN3O3/c20-15-1-3-16(4-2-15)26-17-11-14(5-8-22-17)12-23-18(24)19(13-21)6-9-25-10-7-19/h1-5,8,11H,6-7,9-10,12-13,21H2,(H,23,24). The molecule has 7 heteroatoms. The van der Waals surface area contributed by atoms with E-state index in [-0.39, 0.29) is 11.7 Å². The molecular formula is C19H22FN3O3. The van der Waals surface area contributed by atoms with Crippen LogP contribution in [0.15, 0.2) is 42.6 Å². The number of benzene rings is 1. The summed E-state index contributed by atoms with van der Waals surface area (Å²) in [6.07, 6.45) is 2.86. The van der Waals surface area contributed by atoms with Gasteiger partial charge in [-0.2, -0.15) is 0 Å². The Morgan fingerprint density at radius 2 is 2.00 bits per heavy atom. The van der Waals surface area contributed by atoms with Gasteiger partial charge in [-0.25, -0.2) is 9.37 Å². The summed E-state index contributed by atoms with van der Waals surface area (Å²) in [4.78, 5) is 16.7. The normalized spacial score (nSPS) is 16.1. The largest absolute Gasteiger partial charge is 0.439 e. The number of hydrogen-bond acceptors (Lipinski definition) is 5. The lowest BCUT2D eigenvalue weighted by molar-refractivity contribution is -0.136. The molecule has 0 unspecified atom stereocenters. The van der Waals surface area contributed by atoms with Crippen LogP contribution >= 0.6 is 0 Å². The number of hydrogen-bond donors (Lipinski definition) is 2. The molecule has 1 saturated heterocycles. The van der Waals surface area contributed by atoms with Crippen molar-refractivity contribution in [3.05, 3.63) is 54.0 Å². The summed E-state index contributed by atoms with van der Waals surface area (Å²) in [5.74, 6) is 0.483. The van der Waals surface area contributed by atoms with Gasteiger partial charge in [0.15, 0.2) is 0 Å². The Hall–Kier alpha value is -2.51. The lowest BCUT2D eigenvalue weighted by Gasteiger charge is -2.34. The molecule has 3 rings (SSSR count). The second-order valence-electron chi connectivity index (χ2n) is 6.34. The van der Waals surface area contributed by atoms with Crippen LogP contribution in [0.3, 0.4) is 0 Å². The monoisotopic (exact) mass is 359 g/mol. The first-order valence-corrected chi connectivity index (χ1v) is 8.56. The van der Waals surface area contributed by atoms with Gasteiger partial charge < -0.3 is 20.5 Å². The molecule has 1 aromatic carbocycles. The third kappa shape index (κ3) is 4.36. The molecule has 1 aliphatic rings. The number of amides is 1. The summed E-state index contributed by atoms with van der Waals surface area (Å²) in [6, 6.07) is 9.24. The lowest BCUT2D eigenvalue weighted by atomic mass is 9.79. The molecule has 0 radical (unpaired) electrons. The fourth-order valence-electron chi connectivity index (χ4n) is 2.90. The first kappa shape index (κ1) is 18.3. The van der Waals surface area contributed by atoms with E-state index in [9.17, 15) is 9.18 Å². The van der Waals surface area contributed by atoms with Gasteiger partial charge in [-0.1, -0.05) is 0 Å². The number of carbonyl (C=O) groups is 1. The van der Waals surface area contributed by atoms with Gasteiger partial charge in [0, 0.05) is 38.6 Å². The van der Waals surface area contributed by atoms with Crippen LogP contribution < -0.4 is 15.8 Å². The van der Waals surface area contributed by atoms with Crippen molar-refractivity contribution in [2.45, 2.75) is 19.4 Å². The van der Waals surface area contributed by atoms with E-state index in [2.05, 4.69) is 10.3 Å². The van der Waals surface area contributed by atoms with E-state index < -0.39 is 5.41 Å². The second-order valence-corrected chi connectivity index (χ2v) is 6.34. The van der Waals surface area contributed by atoms with Crippen LogP contribution in [0.25, 0.3) is 0 Å². The number of rotatable bonds is 6. The minimum absolute atomic E-state index is 0.0545. The fraction of sp³-hybridized carbons (Fsp3) is 0.368. The number of halogens is 1. The summed E-state index contributed by atoms with van der Waals surface area (Å²) in [5.41, 5.74) is 6.15. The van der Waals surface area contributed by atoms with Gasteiger partial charge in [0.05, 0.1) is 5.41 Å². The maximum atomic E-state index is 13.0. The maximum absolute atomic E-state index is 13.0. The zero-order valence-corrected chi connectivity index (χ0v) is 14.4. The average Bonchev–Trinajstić information content (AvgIpc) is 2.69. The molecule has 0 bridgehead atoms. The predicted octanol–water partition coefficient (Wildman–Crippen LogP) is 2.38. The quantitative estimate of drug-likeness (QED) is 0.827. The Morgan fingerprint density at radius 1 is 1.27 bits per heavy atom. The van der Waals surface area contributed by atoms with Crippen molar-refractivity contribution in [2.75, 3.05) is 19.8 Å². The molecular weight excluding hydrogens is 337 g/mol. The van der Waals surface area contributed by atoms with Crippen molar-refractivity contribution in [1.29, 1.82) is 0 Å². The smallest absolute Gasteiger partial charge is 0.227 e. The highest BCUT2D eigenvalue weighted by molar-refractivity contribution is 5.83. The zero-order chi connectivity index (χ0) is 18.4. The molecule has 0 aliphatic carbocycles. The fourth-order valence-corrected chi connectivity index (χ4v) is 2.90. The minimum Gasteiger partial charge on any atom is -0.439 e. The van der Waals surface area contributed by atoms with Crippen molar-refractivity contribution in [1.82, 2.24) is 10.3 Å². The number of nitrogens with one attached hydrogen (secondary N) is 1. The van der Waals surface area contributed by atoms with Gasteiger partial charge in [-0.05, 0) is 48.7 Å². The topological polar surface area (TPSA) is 86.5 Å². The van der Waals surface area contributed by atoms with Crippen molar-refractivity contribution < 1.29 is 18.7 Å². The number of nitrogens with zero attached hydrogens (tertiary/aromatic N) is 1. The summed E-state index contributed by atoms with van der Waals surface area (Å²) >= 11 is 0. The van der Waals surface area contributed by atoms with Gasteiger partial charge in [-0.3, -0.25) is 4.79 Å². The highest BCUT2D eigenvalue weighted by atomic mass is 19.1. The highest BCUT2D eigenvalue weighted by Crippen LogP contribution is 2.29. The third-order valence-corrected chi connectivity index (χ3v) is 4.61. The predicted molar refractivity (Wildman–Crippen MR) is 94.1 cm³/mol. The Balaban J connectivity index is 1.61. The van der Waals surface area contributed by atoms with Gasteiger partial charge in [0.1, 0.15) is 11.6 Å². The van der Waals surface area contributed by atoms with E-state index in [4.69, 9.17) is 15.2 Å². The van der Waals surface area contributed by atoms with Gasteiger partial charge in [0.2, 0.25) is 11.8 Å². The van der Waals surface area contributed by atoms with Gasteiger partial charge in [-0.15, -0.1) is 0 Å². The number of carbonyl (C=O) groups excluding carboxylic acids is 1. The SMILES string of the molecule is NCC1(C(=O)NCc2ccnc(Oc3ccc(F)cc3)c2)CCOCC1. The summed E-state index contributed by atoms with van der Waals surface area (Å²) in [5, 5.41) is 2.95. The highest BCUT2D eigenvalue weighted by Gasteiger charge is 2.38. The Morgan fingerprint density at radius 3 is 2.69 bits per heavy atom. The van der Waals surface area contributed by atoms with Crippen LogP contribution in [-0.4, -0.2) is 30.6 Å². The van der Waals surface area contributed by atoms with Crippen molar-refractivity contribution in [2.24, 2.45) is 11.1 Å². The molecule has 0 atom stereocenters. The first-order chi connectivity index (χ1) is 12.6. The Labute approximate surface area is 151 Å². The molecule has 26 heavy (non-hydrogen) atoms. The number of pyridine rings is 1. The molecule has 3 N–H and O–H groups in total. The Kier molecular flexibility index (Phi) is 5.80. The van der Waals surface area contributed by atoms with Crippen LogP contribution in [0, 0.1) is 11.2 Å². The molecule has 138 valence electrons. The van der Waals surface area contributed by atoms with Gasteiger partial charge >= 0.3 is 0 Å². The van der Waals surface area contributed by atoms with Crippen molar-refractivity contribution >= 4 is 5.91 Å². The zero-order valence-electron chi connectivity index (χ0n) is 14.4. The maximum Gasteiger partial charge on any atom is 0.227 e. The molecule has 2 heterocycles. The van der Waals surface area contributed by atoms with Crippen LogP contribution in [0.5, 0.6) is 11.6 Å². The van der Waals surface area contributed by atoms with Crippen LogP contribution in [0.1, 0.15) is 18.4 Å². The molecule has 6 nitrogen and oxygen atoms in total. The molecule has 2 aromatic rings. The molecule has 1 amide bonds. The van der Waals surface area contributed by atoms with E-state index in [0.717, 1.165) is 5.56 Å². The van der Waals surface area contributed by atoms with E-state index in [1.807, 2.05) is 0 Å². The summed E-state index contributed by atoms with van der Waals surface area (Å²) < 4.78 is 23.9. The average molecular weight is 359 g/mol. The van der Waals surface area contributed by atoms with Gasteiger partial charge in [0.25, 0.3) is 0 Å². The van der Waals surface area contributed by atoms with E-state index in [0.29, 0.717) is 50.8 Å². The lowest BCUT2D eigenvalue weighted by Crippen LogP contribution is -2.48. The summed E-state index contributed by atoms with van der Waals surface area (Å²) in [6.45, 7) is 1.76. The molecule has 0 spiro atoms. The molecule has 0 saturated carbocycles. The third-order valence-electron chi connectivity index (χ3n) is 4.61. The van der Waals surface area contributed by atoms with Crippen LogP contribution in [0.2, 0.25) is 0 Å². The molecule has 1 fully saturated rings. The van der Waals surface area contributed by atoms with Crippen molar-refractivity contribution in [3.8, 4) is 11.6 Å². The number of nitrogens with two attached hydrogens (primary N) is 1. The molecule has 1 aliphatic heterocycles. The molecule has 1 aromatic heterocycles. The van der Waals surface area contributed by atoms with E-state index >= 15 is 0 Å². The van der Waals surface area contributed by atoms with Crippen LogP contribution in [-0.2, 0) is 16.1 Å². The summed E-state index contributed by atoms with van der Waals surface area (Å²) in [7, 11) is 0. The second kappa shape index (κ2) is 8.25. The van der Waals surface area contributed by atoms with E-state index in [1.54, 1.807) is 18.3 Å². The van der Waals surface area contributed by atoms with Crippen molar-refractivity contribution in [3.63, 3.8) is 0 Å². The number of ether oxygens (including phenoxy) is 2.